The van der Waals surface area contributed by atoms with E-state index in [1.165, 1.54) is 44.9 Å². The molecule has 3 unspecified atom stereocenters. The molecule has 0 aromatic heterocycles. The van der Waals surface area contributed by atoms with Crippen LogP contribution in [0.25, 0.3) is 0 Å². The van der Waals surface area contributed by atoms with E-state index in [4.69, 9.17) is 11.5 Å². The molecule has 4 aliphatic carbocycles. The number of fused-ring (bicyclic) bond motifs is 5. The fourth-order valence-corrected chi connectivity index (χ4v) is 10.1. The van der Waals surface area contributed by atoms with Crippen LogP contribution in [0.1, 0.15) is 118 Å². The zero-order chi connectivity index (χ0) is 28.4. The van der Waals surface area contributed by atoms with Crippen molar-refractivity contribution in [1.29, 1.82) is 0 Å². The van der Waals surface area contributed by atoms with Gasteiger partial charge in [-0.05, 0) is 112 Å². The van der Waals surface area contributed by atoms with Crippen LogP contribution in [-0.4, -0.2) is 59.0 Å². The highest BCUT2D eigenvalue weighted by molar-refractivity contribution is 5.34. The van der Waals surface area contributed by atoms with Gasteiger partial charge in [-0.15, -0.1) is 0 Å². The van der Waals surface area contributed by atoms with Gasteiger partial charge in [0.25, 0.3) is 0 Å². The van der Waals surface area contributed by atoms with Crippen LogP contribution >= 0.6 is 0 Å². The molecule has 3 saturated carbocycles. The fraction of sp³-hybridized carbons (Fsp3) is 0.941. The van der Waals surface area contributed by atoms with Crippen LogP contribution in [0.2, 0.25) is 0 Å². The standard InChI is InChI=1S/C34H63N3O2/c1-24(2)10-8-11-25(3)28-12-13-29-27-22-31(37(21-9-19-36)20-7-6-18-35)34(39)23-26(38)14-17-33(34,5)30(27)15-16-32(28,29)4/h22,24-26,28-31,38-39H,6-21,23,35-36H2,1-5H3/t25-,26?,28-,29+,30+,31?,32-,33-,34?/m1/s1. The van der Waals surface area contributed by atoms with E-state index in [-0.39, 0.29) is 11.5 Å². The first-order chi connectivity index (χ1) is 18.5. The molecule has 9 atom stereocenters. The molecule has 3 fully saturated rings. The van der Waals surface area contributed by atoms with Gasteiger partial charge in [-0.2, -0.15) is 0 Å². The first-order valence-electron chi connectivity index (χ1n) is 16.8. The van der Waals surface area contributed by atoms with Gasteiger partial charge in [0.1, 0.15) is 0 Å². The number of rotatable bonds is 13. The van der Waals surface area contributed by atoms with Gasteiger partial charge in [-0.3, -0.25) is 4.90 Å². The van der Waals surface area contributed by atoms with Crippen LogP contribution in [-0.2, 0) is 0 Å². The highest BCUT2D eigenvalue weighted by Crippen LogP contribution is 2.68. The van der Waals surface area contributed by atoms with Gasteiger partial charge in [-0.1, -0.05) is 65.5 Å². The zero-order valence-corrected chi connectivity index (χ0v) is 26.1. The lowest BCUT2D eigenvalue weighted by Crippen LogP contribution is -2.69. The summed E-state index contributed by atoms with van der Waals surface area (Å²) in [5, 5.41) is 23.6. The topological polar surface area (TPSA) is 95.7 Å². The Balaban J connectivity index is 1.68. The SMILES string of the molecule is CC(C)CCC[C@@H](C)[C@H]1CC[C@H]2C3=CC(N(CCCN)CCCCN)C4(O)CC(O)CC[C@]4(C)[C@H]3CC[C@]12C. The molecule has 4 aliphatic rings. The maximum atomic E-state index is 12.7. The molecule has 4 rings (SSSR count). The molecular formula is C34H63N3O2. The van der Waals surface area contributed by atoms with Crippen LogP contribution in [0.4, 0.5) is 0 Å². The van der Waals surface area contributed by atoms with E-state index in [2.05, 4.69) is 45.6 Å². The van der Waals surface area contributed by atoms with E-state index in [1.807, 2.05) is 0 Å². The molecule has 0 bridgehead atoms. The van der Waals surface area contributed by atoms with E-state index in [1.54, 1.807) is 5.57 Å². The summed E-state index contributed by atoms with van der Waals surface area (Å²) in [6, 6.07) is -0.0575. The van der Waals surface area contributed by atoms with Gasteiger partial charge in [0.05, 0.1) is 17.7 Å². The molecule has 0 spiro atoms. The maximum Gasteiger partial charge on any atom is 0.0921 e. The number of hydrogen-bond acceptors (Lipinski definition) is 5. The zero-order valence-electron chi connectivity index (χ0n) is 26.1. The highest BCUT2D eigenvalue weighted by atomic mass is 16.3. The van der Waals surface area contributed by atoms with Gasteiger partial charge in [0.15, 0.2) is 0 Å². The lowest BCUT2D eigenvalue weighted by molar-refractivity contribution is -0.198. The summed E-state index contributed by atoms with van der Waals surface area (Å²) in [7, 11) is 0. The molecule has 0 saturated heterocycles. The Morgan fingerprint density at radius 1 is 0.897 bits per heavy atom. The Kier molecular flexibility index (Phi) is 10.3. The summed E-state index contributed by atoms with van der Waals surface area (Å²) in [6.45, 7) is 15.4. The van der Waals surface area contributed by atoms with Gasteiger partial charge >= 0.3 is 0 Å². The van der Waals surface area contributed by atoms with Gasteiger partial charge < -0.3 is 21.7 Å². The Hall–Kier alpha value is -0.460. The second-order valence-electron chi connectivity index (χ2n) is 15.2. The average Bonchev–Trinajstić information content (AvgIpc) is 3.24. The number of aliphatic hydroxyl groups excluding tert-OH is 1. The predicted molar refractivity (Wildman–Crippen MR) is 163 cm³/mol. The average molecular weight is 546 g/mol. The number of nitrogens with two attached hydrogens (primary N) is 2. The third-order valence-corrected chi connectivity index (χ3v) is 12.4. The quantitative estimate of drug-likeness (QED) is 0.171. The van der Waals surface area contributed by atoms with Crippen molar-refractivity contribution >= 4 is 0 Å². The summed E-state index contributed by atoms with van der Waals surface area (Å²) in [5.74, 6) is 3.44. The number of nitrogens with zero attached hydrogens (tertiary/aromatic N) is 1. The minimum absolute atomic E-state index is 0.0575. The lowest BCUT2D eigenvalue weighted by Gasteiger charge is -2.64. The largest absolute Gasteiger partial charge is 0.393 e. The van der Waals surface area contributed by atoms with Crippen molar-refractivity contribution < 1.29 is 10.2 Å². The van der Waals surface area contributed by atoms with Crippen molar-refractivity contribution in [2.24, 2.45) is 51.9 Å². The molecule has 5 nitrogen and oxygen atoms in total. The maximum absolute atomic E-state index is 12.7. The summed E-state index contributed by atoms with van der Waals surface area (Å²) in [4.78, 5) is 2.52. The van der Waals surface area contributed by atoms with Crippen molar-refractivity contribution in [1.82, 2.24) is 4.90 Å². The molecular weight excluding hydrogens is 482 g/mol. The summed E-state index contributed by atoms with van der Waals surface area (Å²) in [5.41, 5.74) is 12.8. The highest BCUT2D eigenvalue weighted by Gasteiger charge is 2.65. The van der Waals surface area contributed by atoms with E-state index in [9.17, 15) is 10.2 Å². The molecule has 0 radical (unpaired) electrons. The van der Waals surface area contributed by atoms with Gasteiger partial charge in [0, 0.05) is 18.4 Å². The van der Waals surface area contributed by atoms with E-state index < -0.39 is 11.7 Å². The van der Waals surface area contributed by atoms with E-state index in [0.717, 1.165) is 62.9 Å². The summed E-state index contributed by atoms with van der Waals surface area (Å²) in [6.07, 6.45) is 16.5. The minimum Gasteiger partial charge on any atom is -0.393 e. The number of unbranched alkanes of at least 4 members (excludes halogenated alkanes) is 1. The van der Waals surface area contributed by atoms with Crippen molar-refractivity contribution in [2.75, 3.05) is 26.2 Å². The van der Waals surface area contributed by atoms with Crippen molar-refractivity contribution in [2.45, 2.75) is 136 Å². The third kappa shape index (κ3) is 5.91. The lowest BCUT2D eigenvalue weighted by atomic mass is 9.45. The molecule has 0 aromatic rings. The molecule has 39 heavy (non-hydrogen) atoms. The first-order valence-corrected chi connectivity index (χ1v) is 16.8. The smallest absolute Gasteiger partial charge is 0.0921 e. The molecule has 226 valence electrons. The summed E-state index contributed by atoms with van der Waals surface area (Å²) >= 11 is 0. The second-order valence-corrected chi connectivity index (χ2v) is 15.2. The molecule has 0 aliphatic heterocycles. The minimum atomic E-state index is -0.911. The van der Waals surface area contributed by atoms with Crippen LogP contribution in [0.3, 0.4) is 0 Å². The third-order valence-electron chi connectivity index (χ3n) is 12.4. The molecule has 0 heterocycles. The second kappa shape index (κ2) is 12.8. The Bertz CT molecular complexity index is 831. The van der Waals surface area contributed by atoms with Crippen LogP contribution in [0.15, 0.2) is 11.6 Å². The van der Waals surface area contributed by atoms with Crippen molar-refractivity contribution in [3.63, 3.8) is 0 Å². The van der Waals surface area contributed by atoms with Gasteiger partial charge in [-0.25, -0.2) is 0 Å². The van der Waals surface area contributed by atoms with Crippen LogP contribution in [0.5, 0.6) is 0 Å². The first kappa shape index (κ1) is 31.5. The molecule has 0 amide bonds. The van der Waals surface area contributed by atoms with E-state index >= 15 is 0 Å². The number of allylic oxidation sites excluding steroid dienone is 1. The number of aliphatic hydroxyl groups is 2. The van der Waals surface area contributed by atoms with Crippen LogP contribution in [0, 0.1) is 40.4 Å². The van der Waals surface area contributed by atoms with Crippen molar-refractivity contribution in [3.8, 4) is 0 Å². The Labute approximate surface area is 240 Å². The monoisotopic (exact) mass is 545 g/mol. The van der Waals surface area contributed by atoms with Crippen molar-refractivity contribution in [3.05, 3.63) is 11.6 Å². The normalized spacial score (nSPS) is 40.8. The molecule has 5 heteroatoms. The predicted octanol–water partition coefficient (Wildman–Crippen LogP) is 5.87. The fourth-order valence-electron chi connectivity index (χ4n) is 10.1. The molecule has 6 N–H and O–H groups in total. The van der Waals surface area contributed by atoms with E-state index in [0.29, 0.717) is 36.8 Å². The number of hydrogen-bond donors (Lipinski definition) is 4. The van der Waals surface area contributed by atoms with Gasteiger partial charge in [0.2, 0.25) is 0 Å². The summed E-state index contributed by atoms with van der Waals surface area (Å²) < 4.78 is 0. The molecule has 0 aromatic carbocycles. The van der Waals surface area contributed by atoms with Crippen LogP contribution < -0.4 is 11.5 Å². The Morgan fingerprint density at radius 3 is 2.31 bits per heavy atom. The Morgan fingerprint density at radius 2 is 1.62 bits per heavy atom.